The minimum Gasteiger partial charge on any atom is -0.457 e. The number of rotatable bonds is 8. The molecule has 0 aliphatic carbocycles. The Kier molecular flexibility index (Phi) is 9.78. The van der Waals surface area contributed by atoms with Crippen LogP contribution in [0.5, 0.6) is 0 Å². The van der Waals surface area contributed by atoms with Gasteiger partial charge >= 0.3 is 24.2 Å². The molecule has 0 saturated carbocycles. The van der Waals surface area contributed by atoms with Crippen LogP contribution < -0.4 is 10.2 Å². The number of alkyl carbamates (subject to hydrolysis) is 1. The van der Waals surface area contributed by atoms with Crippen LogP contribution in [0.25, 0.3) is 0 Å². The number of imide groups is 1. The third-order valence-corrected chi connectivity index (χ3v) is 5.15. The summed E-state index contributed by atoms with van der Waals surface area (Å²) in [5, 5.41) is 11.2. The number of benzene rings is 2. The number of nitrogens with one attached hydrogen (secondary N) is 1. The van der Waals surface area contributed by atoms with Crippen LogP contribution in [0.3, 0.4) is 0 Å². The van der Waals surface area contributed by atoms with Gasteiger partial charge in [-0.15, -0.1) is 10.1 Å². The Labute approximate surface area is 222 Å². The van der Waals surface area contributed by atoms with Gasteiger partial charge in [-0.2, -0.15) is 0 Å². The van der Waals surface area contributed by atoms with Gasteiger partial charge in [-0.3, -0.25) is 14.5 Å². The summed E-state index contributed by atoms with van der Waals surface area (Å²) in [6, 6.07) is 13.2. The molecule has 0 bridgehead atoms. The zero-order valence-corrected chi connectivity index (χ0v) is 20.9. The molecule has 1 N–H and O–H groups in total. The lowest BCUT2D eigenvalue weighted by Crippen LogP contribution is -2.41. The maximum Gasteiger partial charge on any atom is 0.510 e. The van der Waals surface area contributed by atoms with Crippen molar-refractivity contribution in [2.24, 2.45) is 0 Å². The molecule has 0 saturated heterocycles. The second kappa shape index (κ2) is 13.4. The van der Waals surface area contributed by atoms with E-state index in [2.05, 4.69) is 19.6 Å². The zero-order chi connectivity index (χ0) is 28.4. The van der Waals surface area contributed by atoms with Crippen LogP contribution in [0.15, 0.2) is 60.7 Å². The summed E-state index contributed by atoms with van der Waals surface area (Å²) in [6.45, 7) is 1.90. The van der Waals surface area contributed by atoms with Gasteiger partial charge in [0.05, 0.1) is 11.4 Å². The number of nitrogens with zero attached hydrogens (tertiary/aromatic N) is 2. The first kappa shape index (κ1) is 28.4. The van der Waals surface area contributed by atoms with E-state index in [9.17, 15) is 29.3 Å². The molecule has 1 aliphatic rings. The molecule has 2 aromatic carbocycles. The van der Waals surface area contributed by atoms with Crippen molar-refractivity contribution in [2.75, 3.05) is 18.1 Å². The van der Waals surface area contributed by atoms with E-state index in [1.807, 2.05) is 0 Å². The summed E-state index contributed by atoms with van der Waals surface area (Å²) < 4.78 is 19.6. The van der Waals surface area contributed by atoms with Crippen LogP contribution in [0.2, 0.25) is 0 Å². The number of carbonyl (C=O) groups excluding carboxylic acids is 4. The van der Waals surface area contributed by atoms with Crippen molar-refractivity contribution in [1.29, 1.82) is 0 Å². The lowest BCUT2D eigenvalue weighted by molar-refractivity contribution is -0.777. The van der Waals surface area contributed by atoms with E-state index in [-0.39, 0.29) is 13.2 Å². The number of anilines is 2. The number of hydrogen-bond donors (Lipinski definition) is 1. The van der Waals surface area contributed by atoms with Gasteiger partial charge < -0.3 is 18.9 Å². The zero-order valence-electron chi connectivity index (χ0n) is 20.9. The lowest BCUT2D eigenvalue weighted by Gasteiger charge is -2.25. The average molecular weight is 543 g/mol. The molecule has 0 radical (unpaired) electrons. The van der Waals surface area contributed by atoms with Gasteiger partial charge in [-0.05, 0) is 36.8 Å². The number of hydrogen-bond acceptors (Lipinski definition) is 11. The molecule has 2 unspecified atom stereocenters. The molecule has 0 fully saturated rings. The van der Waals surface area contributed by atoms with E-state index in [0.29, 0.717) is 23.4 Å². The first-order valence-corrected chi connectivity index (χ1v) is 11.6. The van der Waals surface area contributed by atoms with Gasteiger partial charge in [0.2, 0.25) is 6.29 Å². The number of esters is 1. The van der Waals surface area contributed by atoms with Crippen molar-refractivity contribution < 1.29 is 48.0 Å². The predicted molar refractivity (Wildman–Crippen MR) is 132 cm³/mol. The van der Waals surface area contributed by atoms with Crippen LogP contribution in [-0.2, 0) is 35.0 Å². The highest BCUT2D eigenvalue weighted by Gasteiger charge is 2.32. The smallest absolute Gasteiger partial charge is 0.457 e. The van der Waals surface area contributed by atoms with Crippen molar-refractivity contribution >= 4 is 35.6 Å². The Morgan fingerprint density at radius 1 is 1.05 bits per heavy atom. The summed E-state index contributed by atoms with van der Waals surface area (Å²) in [4.78, 5) is 64.1. The van der Waals surface area contributed by atoms with E-state index in [4.69, 9.17) is 9.47 Å². The van der Waals surface area contributed by atoms with Crippen LogP contribution in [0.1, 0.15) is 31.1 Å². The Bertz CT molecular complexity index is 1260. The molecule has 3 rings (SSSR count). The summed E-state index contributed by atoms with van der Waals surface area (Å²) in [5.74, 6) is -0.470. The highest BCUT2D eigenvalue weighted by Crippen LogP contribution is 2.41. The largest absolute Gasteiger partial charge is 0.510 e. The van der Waals surface area contributed by atoms with Crippen molar-refractivity contribution in [3.63, 3.8) is 0 Å². The molecule has 0 aromatic heterocycles. The second-order valence-electron chi connectivity index (χ2n) is 7.90. The number of urea groups is 1. The van der Waals surface area contributed by atoms with E-state index in [0.717, 1.165) is 12.5 Å². The minimum absolute atomic E-state index is 0.264. The molecule has 39 heavy (non-hydrogen) atoms. The Morgan fingerprint density at radius 2 is 1.69 bits per heavy atom. The van der Waals surface area contributed by atoms with E-state index < -0.39 is 41.7 Å². The highest BCUT2D eigenvalue weighted by atomic mass is 17.0. The van der Waals surface area contributed by atoms with Gasteiger partial charge in [0, 0.05) is 18.9 Å². The van der Waals surface area contributed by atoms with Crippen molar-refractivity contribution in [2.45, 2.75) is 32.7 Å². The van der Waals surface area contributed by atoms with Crippen molar-refractivity contribution in [1.82, 2.24) is 5.32 Å². The number of ether oxygens (including phenoxy) is 4. The fourth-order valence-electron chi connectivity index (χ4n) is 3.70. The summed E-state index contributed by atoms with van der Waals surface area (Å²) in [7, 11) is 0. The maximum absolute atomic E-state index is 13.2. The standard InChI is InChI=1S/C25H25N3O11/c1-16(29)37-22-15-18-9-3-5-11-20(18)27(21-12-6-4-10-19(21)22)23(30)26-24(31)35-13-7-8-14-36-25(32)38-17(2)39-28(33)34/h3-12,17,22H,13-15H2,1-2H3,(H,26,30,31)/b8-7-. The predicted octanol–water partition coefficient (Wildman–Crippen LogP) is 4.09. The third-order valence-electron chi connectivity index (χ3n) is 5.15. The highest BCUT2D eigenvalue weighted by molar-refractivity contribution is 6.07. The van der Waals surface area contributed by atoms with E-state index >= 15 is 0 Å². The molecule has 0 spiro atoms. The summed E-state index contributed by atoms with van der Waals surface area (Å²) in [6.07, 6.45) is -1.34. The SMILES string of the molecule is CC(=O)OC1Cc2ccccc2N(C(=O)NC(=O)OC/C=C\COC(=O)OC(C)O[N+](=O)[O-])c2ccccc21. The molecular weight excluding hydrogens is 518 g/mol. The molecule has 1 heterocycles. The number of carbonyl (C=O) groups is 4. The van der Waals surface area contributed by atoms with Gasteiger partial charge in [0.15, 0.2) is 0 Å². The summed E-state index contributed by atoms with van der Waals surface area (Å²) in [5.41, 5.74) is 2.25. The van der Waals surface area contributed by atoms with E-state index in [1.54, 1.807) is 48.5 Å². The maximum atomic E-state index is 13.2. The minimum atomic E-state index is -1.45. The molecule has 14 nitrogen and oxygen atoms in total. The fourth-order valence-corrected chi connectivity index (χ4v) is 3.70. The Hall–Kier alpha value is -5.14. The topological polar surface area (TPSA) is 173 Å². The average Bonchev–Trinajstić information content (AvgIpc) is 2.99. The molecule has 1 aliphatic heterocycles. The Morgan fingerprint density at radius 3 is 2.38 bits per heavy atom. The van der Waals surface area contributed by atoms with Crippen LogP contribution >= 0.6 is 0 Å². The molecule has 2 aromatic rings. The summed E-state index contributed by atoms with van der Waals surface area (Å²) >= 11 is 0. The number of amides is 3. The Balaban J connectivity index is 1.59. The number of fused-ring (bicyclic) bond motifs is 2. The van der Waals surface area contributed by atoms with Crippen molar-refractivity contribution in [3.8, 4) is 0 Å². The quantitative estimate of drug-likeness (QED) is 0.127. The van der Waals surface area contributed by atoms with Gasteiger partial charge in [0.1, 0.15) is 19.3 Å². The fraction of sp³-hybridized carbons (Fsp3) is 0.280. The van der Waals surface area contributed by atoms with E-state index in [1.165, 1.54) is 24.0 Å². The van der Waals surface area contributed by atoms with Gasteiger partial charge in [-0.1, -0.05) is 36.4 Å². The van der Waals surface area contributed by atoms with Gasteiger partial charge in [-0.25, -0.2) is 19.7 Å². The molecular formula is C25H25N3O11. The second-order valence-corrected chi connectivity index (χ2v) is 7.90. The molecule has 206 valence electrons. The third kappa shape index (κ3) is 8.18. The van der Waals surface area contributed by atoms with Crippen molar-refractivity contribution in [3.05, 3.63) is 81.9 Å². The molecule has 3 amide bonds. The monoisotopic (exact) mass is 543 g/mol. The molecule has 2 atom stereocenters. The lowest BCUT2D eigenvalue weighted by atomic mass is 10.0. The van der Waals surface area contributed by atoms with Crippen LogP contribution in [-0.4, -0.2) is 48.8 Å². The molecule has 14 heteroatoms. The first-order chi connectivity index (χ1) is 18.7. The number of para-hydroxylation sites is 2. The normalized spacial score (nSPS) is 14.6. The van der Waals surface area contributed by atoms with Gasteiger partial charge in [0.25, 0.3) is 5.09 Å². The van der Waals surface area contributed by atoms with Crippen LogP contribution in [0.4, 0.5) is 25.8 Å². The van der Waals surface area contributed by atoms with Crippen LogP contribution in [0, 0.1) is 10.1 Å². The first-order valence-electron chi connectivity index (χ1n) is 11.6.